The summed E-state index contributed by atoms with van der Waals surface area (Å²) >= 11 is 0. The molecule has 1 aromatic heterocycles. The van der Waals surface area contributed by atoms with Crippen LogP contribution in [0.25, 0.3) is 11.0 Å². The molecule has 0 radical (unpaired) electrons. The van der Waals surface area contributed by atoms with Crippen LogP contribution in [-0.4, -0.2) is 29.9 Å². The van der Waals surface area contributed by atoms with Crippen LogP contribution in [0.2, 0.25) is 0 Å². The van der Waals surface area contributed by atoms with E-state index in [1.54, 1.807) is 17.9 Å². The molecule has 0 saturated carbocycles. The normalized spacial score (nSPS) is 15.6. The molecule has 1 aliphatic heterocycles. The predicted molar refractivity (Wildman–Crippen MR) is 117 cm³/mol. The molecule has 4 rings (SSSR count). The highest BCUT2D eigenvalue weighted by molar-refractivity contribution is 5.85. The first-order chi connectivity index (χ1) is 14.9. The Morgan fingerprint density at radius 3 is 2.45 bits per heavy atom. The third-order valence-electron chi connectivity index (χ3n) is 6.12. The molecule has 0 spiro atoms. The van der Waals surface area contributed by atoms with Crippen molar-refractivity contribution in [1.29, 1.82) is 0 Å². The quantitative estimate of drug-likeness (QED) is 0.476. The number of piperidine rings is 1. The summed E-state index contributed by atoms with van der Waals surface area (Å²) < 4.78 is 11.1. The van der Waals surface area contributed by atoms with Gasteiger partial charge in [0, 0.05) is 37.0 Å². The van der Waals surface area contributed by atoms with Crippen molar-refractivity contribution in [3.63, 3.8) is 0 Å². The van der Waals surface area contributed by atoms with Gasteiger partial charge in [0.1, 0.15) is 12.2 Å². The molecule has 0 unspecified atom stereocenters. The number of hydrogen-bond acceptors (Lipinski definition) is 5. The Balaban J connectivity index is 1.62. The highest BCUT2D eigenvalue weighted by Crippen LogP contribution is 2.37. The van der Waals surface area contributed by atoms with Gasteiger partial charge >= 0.3 is 11.6 Å². The van der Waals surface area contributed by atoms with Crippen LogP contribution in [0.15, 0.2) is 63.8 Å². The number of carbonyl (C=O) groups is 2. The lowest BCUT2D eigenvalue weighted by Crippen LogP contribution is -2.49. The largest absolute Gasteiger partial charge is 0.460 e. The van der Waals surface area contributed by atoms with Crippen molar-refractivity contribution in [3.05, 3.63) is 81.7 Å². The van der Waals surface area contributed by atoms with E-state index in [2.05, 4.69) is 0 Å². The van der Waals surface area contributed by atoms with E-state index < -0.39 is 11.0 Å². The summed E-state index contributed by atoms with van der Waals surface area (Å²) in [6.45, 7) is 4.44. The molecule has 1 saturated heterocycles. The first-order valence-corrected chi connectivity index (χ1v) is 10.4. The fourth-order valence-electron chi connectivity index (χ4n) is 4.31. The smallest absolute Gasteiger partial charge is 0.336 e. The minimum atomic E-state index is -0.820. The van der Waals surface area contributed by atoms with E-state index in [1.807, 2.05) is 49.4 Å². The van der Waals surface area contributed by atoms with Crippen molar-refractivity contribution in [2.45, 2.75) is 38.7 Å². The van der Waals surface area contributed by atoms with Crippen LogP contribution < -0.4 is 5.63 Å². The Morgan fingerprint density at radius 1 is 1.06 bits per heavy atom. The molecule has 160 valence electrons. The van der Waals surface area contributed by atoms with Crippen LogP contribution in [-0.2, 0) is 26.3 Å². The molecule has 6 nitrogen and oxygen atoms in total. The van der Waals surface area contributed by atoms with Gasteiger partial charge in [0.15, 0.2) is 0 Å². The number of likely N-dealkylation sites (tertiary alicyclic amines) is 1. The second kappa shape index (κ2) is 8.38. The maximum absolute atomic E-state index is 13.4. The number of fused-ring (bicyclic) bond motifs is 1. The number of esters is 1. The molecule has 31 heavy (non-hydrogen) atoms. The first kappa shape index (κ1) is 20.8. The van der Waals surface area contributed by atoms with Crippen molar-refractivity contribution in [2.24, 2.45) is 0 Å². The molecule has 0 bridgehead atoms. The third kappa shape index (κ3) is 4.10. The number of amides is 1. The lowest BCUT2D eigenvalue weighted by atomic mass is 9.72. The van der Waals surface area contributed by atoms with Crippen LogP contribution in [0.4, 0.5) is 0 Å². The maximum atomic E-state index is 13.4. The van der Waals surface area contributed by atoms with Gasteiger partial charge in [-0.05, 0) is 37.0 Å². The lowest BCUT2D eigenvalue weighted by Gasteiger charge is -2.40. The van der Waals surface area contributed by atoms with E-state index in [0.29, 0.717) is 37.1 Å². The van der Waals surface area contributed by atoms with Gasteiger partial charge in [0.25, 0.3) is 0 Å². The fraction of sp³-hybridized carbons (Fsp3) is 0.320. The molecular weight excluding hydrogens is 394 g/mol. The number of rotatable bonds is 4. The highest BCUT2D eigenvalue weighted by Gasteiger charge is 2.44. The number of aryl methyl sites for hydroxylation is 1. The average molecular weight is 419 g/mol. The van der Waals surface area contributed by atoms with Gasteiger partial charge in [0.05, 0.1) is 5.41 Å². The topological polar surface area (TPSA) is 76.8 Å². The van der Waals surface area contributed by atoms with Gasteiger partial charge in [-0.1, -0.05) is 42.5 Å². The van der Waals surface area contributed by atoms with Crippen molar-refractivity contribution < 1.29 is 18.7 Å². The van der Waals surface area contributed by atoms with Gasteiger partial charge in [-0.3, -0.25) is 9.59 Å². The molecule has 0 aliphatic carbocycles. The highest BCUT2D eigenvalue weighted by atomic mass is 16.5. The summed E-state index contributed by atoms with van der Waals surface area (Å²) in [7, 11) is 0. The number of hydrogen-bond donors (Lipinski definition) is 0. The zero-order valence-corrected chi connectivity index (χ0v) is 17.7. The molecular formula is C25H25NO5. The monoisotopic (exact) mass is 419 g/mol. The van der Waals surface area contributed by atoms with Gasteiger partial charge in [0.2, 0.25) is 5.91 Å². The molecule has 2 heterocycles. The molecule has 6 heteroatoms. The minimum absolute atomic E-state index is 0.00723. The Labute approximate surface area is 180 Å². The lowest BCUT2D eigenvalue weighted by molar-refractivity contribution is -0.155. The van der Waals surface area contributed by atoms with E-state index in [9.17, 15) is 14.4 Å². The maximum Gasteiger partial charge on any atom is 0.336 e. The van der Waals surface area contributed by atoms with E-state index in [0.717, 1.165) is 16.5 Å². The van der Waals surface area contributed by atoms with Crippen molar-refractivity contribution >= 4 is 22.8 Å². The van der Waals surface area contributed by atoms with Gasteiger partial charge in [-0.2, -0.15) is 0 Å². The average Bonchev–Trinajstić information content (AvgIpc) is 2.77. The summed E-state index contributed by atoms with van der Waals surface area (Å²) in [5.74, 6) is -0.330. The summed E-state index contributed by atoms with van der Waals surface area (Å²) in [5.41, 5.74) is 1.66. The molecule has 0 N–H and O–H groups in total. The van der Waals surface area contributed by atoms with Crippen molar-refractivity contribution in [2.75, 3.05) is 13.1 Å². The first-order valence-electron chi connectivity index (χ1n) is 10.4. The van der Waals surface area contributed by atoms with Gasteiger partial charge in [-0.25, -0.2) is 4.79 Å². The van der Waals surface area contributed by atoms with E-state index in [-0.39, 0.29) is 18.5 Å². The van der Waals surface area contributed by atoms with Crippen LogP contribution in [0.5, 0.6) is 0 Å². The minimum Gasteiger partial charge on any atom is -0.460 e. The molecule has 0 atom stereocenters. The SMILES string of the molecule is CC(=O)N1CCC(C(=O)OCc2cc(=O)oc3cc(C)ccc23)(c2ccccc2)CC1. The van der Waals surface area contributed by atoms with E-state index in [4.69, 9.17) is 9.15 Å². The standard InChI is InChI=1S/C25H25NO5/c1-17-8-9-21-19(15-23(28)31-22(21)14-17)16-30-24(29)25(20-6-4-3-5-7-20)10-12-26(13-11-25)18(2)27/h3-9,14-15H,10-13,16H2,1-2H3. The summed E-state index contributed by atoms with van der Waals surface area (Å²) in [4.78, 5) is 39.0. The molecule has 1 fully saturated rings. The molecule has 1 amide bonds. The number of ether oxygens (including phenoxy) is 1. The zero-order valence-electron chi connectivity index (χ0n) is 17.7. The predicted octanol–water partition coefficient (Wildman–Crippen LogP) is 3.72. The Kier molecular flexibility index (Phi) is 5.63. The number of nitrogens with zero attached hydrogens (tertiary/aromatic N) is 1. The second-order valence-electron chi connectivity index (χ2n) is 8.12. The van der Waals surface area contributed by atoms with E-state index >= 15 is 0 Å². The summed E-state index contributed by atoms with van der Waals surface area (Å²) in [6.07, 6.45) is 0.985. The third-order valence-corrected chi connectivity index (χ3v) is 6.12. The molecule has 1 aliphatic rings. The molecule has 2 aromatic carbocycles. The Bertz CT molecular complexity index is 1170. The number of benzene rings is 2. The molecule has 3 aromatic rings. The fourth-order valence-corrected chi connectivity index (χ4v) is 4.31. The van der Waals surface area contributed by atoms with Crippen LogP contribution in [0.3, 0.4) is 0 Å². The van der Waals surface area contributed by atoms with Crippen LogP contribution in [0, 0.1) is 6.92 Å². The Morgan fingerprint density at radius 2 is 1.77 bits per heavy atom. The Hall–Kier alpha value is -3.41. The zero-order chi connectivity index (χ0) is 22.0. The van der Waals surface area contributed by atoms with Gasteiger partial charge in [-0.15, -0.1) is 0 Å². The summed E-state index contributed by atoms with van der Waals surface area (Å²) in [5, 5.41) is 0.748. The van der Waals surface area contributed by atoms with E-state index in [1.165, 1.54) is 6.07 Å². The second-order valence-corrected chi connectivity index (χ2v) is 8.12. The van der Waals surface area contributed by atoms with Crippen molar-refractivity contribution in [3.8, 4) is 0 Å². The number of carbonyl (C=O) groups excluding carboxylic acids is 2. The summed E-state index contributed by atoms with van der Waals surface area (Å²) in [6, 6.07) is 16.5. The van der Waals surface area contributed by atoms with Crippen molar-refractivity contribution in [1.82, 2.24) is 4.90 Å². The van der Waals surface area contributed by atoms with Gasteiger partial charge < -0.3 is 14.1 Å². The van der Waals surface area contributed by atoms with Crippen LogP contribution >= 0.6 is 0 Å². The van der Waals surface area contributed by atoms with Crippen LogP contribution in [0.1, 0.15) is 36.5 Å².